The van der Waals surface area contributed by atoms with Crippen LogP contribution in [0.3, 0.4) is 0 Å². The van der Waals surface area contributed by atoms with Crippen molar-refractivity contribution in [3.8, 4) is 5.69 Å². The van der Waals surface area contributed by atoms with E-state index in [0.29, 0.717) is 17.2 Å². The van der Waals surface area contributed by atoms with Gasteiger partial charge in [0.05, 0.1) is 5.69 Å². The van der Waals surface area contributed by atoms with E-state index in [4.69, 9.17) is 16.7 Å². The Bertz CT molecular complexity index is 777. The van der Waals surface area contributed by atoms with Crippen LogP contribution >= 0.6 is 11.6 Å². The van der Waals surface area contributed by atoms with Gasteiger partial charge in [-0.25, -0.2) is 14.5 Å². The van der Waals surface area contributed by atoms with Crippen LogP contribution in [0.5, 0.6) is 0 Å². The molecule has 1 N–H and O–H groups in total. The Morgan fingerprint density at radius 1 is 1.39 bits per heavy atom. The van der Waals surface area contributed by atoms with E-state index in [1.54, 1.807) is 25.3 Å². The van der Waals surface area contributed by atoms with Crippen LogP contribution in [-0.4, -0.2) is 61.6 Å². The summed E-state index contributed by atoms with van der Waals surface area (Å²) in [7, 11) is 0. The Hall–Kier alpha value is -2.68. The summed E-state index contributed by atoms with van der Waals surface area (Å²) in [6.45, 7) is 2.01. The monoisotopic (exact) mass is 336 g/mol. The number of amides is 2. The molecule has 0 aromatic carbocycles. The first kappa shape index (κ1) is 15.2. The SMILES string of the molecule is Cc1c(N2CCN(C(=O)O)CC2=O)nnn1-c1cccnc1Cl. The van der Waals surface area contributed by atoms with Crippen LogP contribution in [0.25, 0.3) is 5.69 Å². The van der Waals surface area contributed by atoms with E-state index in [9.17, 15) is 9.59 Å². The van der Waals surface area contributed by atoms with Crippen molar-refractivity contribution in [2.24, 2.45) is 0 Å². The zero-order chi connectivity index (χ0) is 16.6. The maximum atomic E-state index is 12.2. The van der Waals surface area contributed by atoms with Crippen molar-refractivity contribution in [3.05, 3.63) is 29.2 Å². The lowest BCUT2D eigenvalue weighted by Gasteiger charge is -2.31. The first-order valence-corrected chi connectivity index (χ1v) is 7.18. The van der Waals surface area contributed by atoms with Gasteiger partial charge in [-0.15, -0.1) is 5.10 Å². The molecular weight excluding hydrogens is 324 g/mol. The summed E-state index contributed by atoms with van der Waals surface area (Å²) >= 11 is 6.06. The number of carbonyl (C=O) groups is 2. The van der Waals surface area contributed by atoms with Gasteiger partial charge in [0, 0.05) is 19.3 Å². The van der Waals surface area contributed by atoms with E-state index >= 15 is 0 Å². The average Bonchev–Trinajstić information content (AvgIpc) is 2.89. The number of halogens is 1. The van der Waals surface area contributed by atoms with Crippen molar-refractivity contribution in [2.75, 3.05) is 24.5 Å². The van der Waals surface area contributed by atoms with Gasteiger partial charge in [-0.3, -0.25) is 14.6 Å². The van der Waals surface area contributed by atoms with Gasteiger partial charge < -0.3 is 5.11 Å². The lowest BCUT2D eigenvalue weighted by Crippen LogP contribution is -2.52. The minimum Gasteiger partial charge on any atom is -0.465 e. The second-order valence-corrected chi connectivity index (χ2v) is 5.33. The number of hydrogen-bond acceptors (Lipinski definition) is 5. The quantitative estimate of drug-likeness (QED) is 0.819. The van der Waals surface area contributed by atoms with Crippen molar-refractivity contribution in [1.82, 2.24) is 24.9 Å². The van der Waals surface area contributed by atoms with E-state index in [1.807, 2.05) is 0 Å². The van der Waals surface area contributed by atoms with Gasteiger partial charge in [-0.05, 0) is 19.1 Å². The number of rotatable bonds is 2. The number of pyridine rings is 1. The molecular formula is C13H13ClN6O3. The molecule has 2 aromatic rings. The Morgan fingerprint density at radius 2 is 2.17 bits per heavy atom. The Labute approximate surface area is 136 Å². The van der Waals surface area contributed by atoms with Crippen LogP contribution in [0, 0.1) is 6.92 Å². The third-order valence-electron chi connectivity index (χ3n) is 3.58. The minimum absolute atomic E-state index is 0.199. The molecule has 10 heteroatoms. The predicted octanol–water partition coefficient (Wildman–Crippen LogP) is 0.951. The smallest absolute Gasteiger partial charge is 0.407 e. The number of anilines is 1. The Balaban J connectivity index is 1.90. The lowest BCUT2D eigenvalue weighted by molar-refractivity contribution is -0.120. The number of hydrogen-bond donors (Lipinski definition) is 1. The molecule has 1 aliphatic rings. The van der Waals surface area contributed by atoms with Crippen molar-refractivity contribution in [3.63, 3.8) is 0 Å². The minimum atomic E-state index is -1.11. The molecule has 1 fully saturated rings. The van der Waals surface area contributed by atoms with Crippen molar-refractivity contribution in [1.29, 1.82) is 0 Å². The van der Waals surface area contributed by atoms with E-state index in [0.717, 1.165) is 4.90 Å². The molecule has 2 aromatic heterocycles. The highest BCUT2D eigenvalue weighted by molar-refractivity contribution is 6.31. The predicted molar refractivity (Wildman–Crippen MR) is 80.9 cm³/mol. The fourth-order valence-corrected chi connectivity index (χ4v) is 2.59. The molecule has 0 radical (unpaired) electrons. The number of carbonyl (C=O) groups excluding carboxylic acids is 1. The second kappa shape index (κ2) is 5.84. The zero-order valence-corrected chi connectivity index (χ0v) is 12.9. The summed E-state index contributed by atoms with van der Waals surface area (Å²) in [5, 5.41) is 17.3. The fraction of sp³-hybridized carbons (Fsp3) is 0.308. The van der Waals surface area contributed by atoms with Gasteiger partial charge >= 0.3 is 6.09 Å². The largest absolute Gasteiger partial charge is 0.465 e. The number of aromatic nitrogens is 4. The molecule has 2 amide bonds. The number of piperazine rings is 1. The van der Waals surface area contributed by atoms with Crippen molar-refractivity contribution < 1.29 is 14.7 Å². The van der Waals surface area contributed by atoms with Gasteiger partial charge in [-0.2, -0.15) is 0 Å². The molecule has 23 heavy (non-hydrogen) atoms. The van der Waals surface area contributed by atoms with E-state index < -0.39 is 6.09 Å². The van der Waals surface area contributed by atoms with Crippen LogP contribution in [0.4, 0.5) is 10.6 Å². The lowest BCUT2D eigenvalue weighted by atomic mass is 10.3. The Kier molecular flexibility index (Phi) is 3.87. The first-order chi connectivity index (χ1) is 11.0. The summed E-state index contributed by atoms with van der Waals surface area (Å²) in [6, 6.07) is 3.46. The van der Waals surface area contributed by atoms with Gasteiger partial charge in [-0.1, -0.05) is 16.8 Å². The van der Waals surface area contributed by atoms with Gasteiger partial charge in [0.2, 0.25) is 5.91 Å². The molecule has 9 nitrogen and oxygen atoms in total. The zero-order valence-electron chi connectivity index (χ0n) is 12.2. The molecule has 1 saturated heterocycles. The highest BCUT2D eigenvalue weighted by Gasteiger charge is 2.31. The van der Waals surface area contributed by atoms with E-state index in [2.05, 4.69) is 15.3 Å². The maximum Gasteiger partial charge on any atom is 0.407 e. The summed E-state index contributed by atoms with van der Waals surface area (Å²) in [5.74, 6) is 0.0473. The molecule has 3 heterocycles. The normalized spacial score (nSPS) is 15.1. The standard InChI is InChI=1S/C13H13ClN6O3/c1-8-12(19-6-5-18(13(22)23)7-10(19)21)16-17-20(8)9-3-2-4-15-11(9)14/h2-4H,5-7H2,1H3,(H,22,23). The molecule has 0 atom stereocenters. The molecule has 3 rings (SSSR count). The fourth-order valence-electron chi connectivity index (χ4n) is 2.40. The van der Waals surface area contributed by atoms with Gasteiger partial charge in [0.25, 0.3) is 0 Å². The highest BCUT2D eigenvalue weighted by atomic mass is 35.5. The second-order valence-electron chi connectivity index (χ2n) is 4.97. The summed E-state index contributed by atoms with van der Waals surface area (Å²) < 4.78 is 1.50. The summed E-state index contributed by atoms with van der Waals surface area (Å²) in [4.78, 5) is 29.6. The van der Waals surface area contributed by atoms with Crippen LogP contribution in [0.15, 0.2) is 18.3 Å². The number of nitrogens with zero attached hydrogens (tertiary/aromatic N) is 6. The molecule has 0 bridgehead atoms. The molecule has 0 aliphatic carbocycles. The van der Waals surface area contributed by atoms with Crippen LogP contribution < -0.4 is 4.90 Å². The summed E-state index contributed by atoms with van der Waals surface area (Å²) in [5.41, 5.74) is 1.18. The molecule has 0 saturated carbocycles. The average molecular weight is 337 g/mol. The van der Waals surface area contributed by atoms with Crippen molar-refractivity contribution >= 4 is 29.4 Å². The van der Waals surface area contributed by atoms with Crippen LogP contribution in [-0.2, 0) is 4.79 Å². The van der Waals surface area contributed by atoms with Crippen molar-refractivity contribution in [2.45, 2.75) is 6.92 Å². The first-order valence-electron chi connectivity index (χ1n) is 6.80. The topological polar surface area (TPSA) is 104 Å². The maximum absolute atomic E-state index is 12.2. The van der Waals surface area contributed by atoms with Gasteiger partial charge in [0.15, 0.2) is 11.0 Å². The third-order valence-corrected chi connectivity index (χ3v) is 3.88. The highest BCUT2D eigenvalue weighted by Crippen LogP contribution is 2.24. The summed E-state index contributed by atoms with van der Waals surface area (Å²) in [6.07, 6.45) is 0.453. The third kappa shape index (κ3) is 2.70. The molecule has 0 spiro atoms. The van der Waals surface area contributed by atoms with Gasteiger partial charge in [0.1, 0.15) is 12.2 Å². The molecule has 0 unspecified atom stereocenters. The Morgan fingerprint density at radius 3 is 2.83 bits per heavy atom. The van der Waals surface area contributed by atoms with Crippen LogP contribution in [0.1, 0.15) is 5.69 Å². The van der Waals surface area contributed by atoms with E-state index in [-0.39, 0.29) is 30.7 Å². The van der Waals surface area contributed by atoms with E-state index in [1.165, 1.54) is 9.58 Å². The number of carboxylic acid groups (broad SMARTS) is 1. The molecule has 1 aliphatic heterocycles. The van der Waals surface area contributed by atoms with Crippen LogP contribution in [0.2, 0.25) is 5.15 Å². The molecule has 120 valence electrons.